The number of nitrogens with one attached hydrogen (secondary N) is 1. The number of hydrogen-bond acceptors (Lipinski definition) is 4. The lowest BCUT2D eigenvalue weighted by Crippen LogP contribution is -2.34. The van der Waals surface area contributed by atoms with Gasteiger partial charge in [-0.3, -0.25) is 0 Å². The van der Waals surface area contributed by atoms with Gasteiger partial charge in [-0.25, -0.2) is 4.98 Å². The maximum absolute atomic E-state index is 4.83. The molecule has 1 N–H and O–H groups in total. The Hall–Kier alpha value is -1.13. The summed E-state index contributed by atoms with van der Waals surface area (Å²) in [6.45, 7) is 9.66. The van der Waals surface area contributed by atoms with E-state index in [9.17, 15) is 0 Å². The first-order chi connectivity index (χ1) is 9.43. The number of hydrogen-bond donors (Lipinski definition) is 1. The molecule has 0 saturated carbocycles. The van der Waals surface area contributed by atoms with Crippen molar-refractivity contribution in [3.63, 3.8) is 0 Å². The lowest BCUT2D eigenvalue weighted by atomic mass is 10.1. The van der Waals surface area contributed by atoms with Crippen molar-refractivity contribution < 1.29 is 0 Å². The predicted octanol–water partition coefficient (Wildman–Crippen LogP) is 1.80. The van der Waals surface area contributed by atoms with Crippen molar-refractivity contribution in [3.8, 4) is 0 Å². The van der Waals surface area contributed by atoms with Gasteiger partial charge in [-0.15, -0.1) is 0 Å². The largest absolute Gasteiger partial charge is 0.354 e. The zero-order chi connectivity index (χ0) is 14.9. The van der Waals surface area contributed by atoms with Crippen LogP contribution < -0.4 is 10.2 Å². The highest BCUT2D eigenvalue weighted by molar-refractivity contribution is 5.52. The fourth-order valence-corrected chi connectivity index (χ4v) is 3.30. The van der Waals surface area contributed by atoms with Crippen LogP contribution in [0, 0.1) is 19.8 Å². The SMILES string of the molecule is CNCc1c(C)cc(C)nc1N1CC(C)C(N(C)C)C1. The molecule has 0 spiro atoms. The molecule has 4 heteroatoms. The van der Waals surface area contributed by atoms with Gasteiger partial charge in [0.1, 0.15) is 5.82 Å². The Kier molecular flexibility index (Phi) is 4.66. The monoisotopic (exact) mass is 276 g/mol. The van der Waals surface area contributed by atoms with Crippen LogP contribution in [-0.4, -0.2) is 50.2 Å². The van der Waals surface area contributed by atoms with E-state index in [1.54, 1.807) is 0 Å². The summed E-state index contributed by atoms with van der Waals surface area (Å²) in [7, 11) is 6.35. The Balaban J connectivity index is 2.33. The molecular weight excluding hydrogens is 248 g/mol. The topological polar surface area (TPSA) is 31.4 Å². The average molecular weight is 276 g/mol. The van der Waals surface area contributed by atoms with E-state index in [-0.39, 0.29) is 0 Å². The average Bonchev–Trinajstić information content (AvgIpc) is 2.74. The number of nitrogens with zero attached hydrogens (tertiary/aromatic N) is 3. The molecule has 2 unspecified atom stereocenters. The lowest BCUT2D eigenvalue weighted by molar-refractivity contribution is 0.266. The summed E-state index contributed by atoms with van der Waals surface area (Å²) in [5.74, 6) is 1.85. The predicted molar refractivity (Wildman–Crippen MR) is 85.3 cm³/mol. The number of pyridine rings is 1. The minimum Gasteiger partial charge on any atom is -0.354 e. The van der Waals surface area contributed by atoms with Crippen molar-refractivity contribution in [2.45, 2.75) is 33.4 Å². The number of aryl methyl sites for hydroxylation is 2. The standard InChI is InChI=1S/C16H28N4/c1-11-7-13(3)18-16(14(11)8-17-4)20-9-12(2)15(10-20)19(5)6/h7,12,15,17H,8-10H2,1-6H3. The van der Waals surface area contributed by atoms with Crippen LogP contribution in [0.25, 0.3) is 0 Å². The van der Waals surface area contributed by atoms with Gasteiger partial charge in [-0.2, -0.15) is 0 Å². The second-order valence-corrected chi connectivity index (χ2v) is 6.33. The molecule has 0 radical (unpaired) electrons. The highest BCUT2D eigenvalue weighted by atomic mass is 15.3. The fourth-order valence-electron chi connectivity index (χ4n) is 3.30. The molecule has 2 heterocycles. The number of rotatable bonds is 4. The summed E-state index contributed by atoms with van der Waals surface area (Å²) in [5.41, 5.74) is 3.78. The zero-order valence-corrected chi connectivity index (χ0v) is 13.7. The highest BCUT2D eigenvalue weighted by Gasteiger charge is 2.32. The van der Waals surface area contributed by atoms with Crippen molar-refractivity contribution >= 4 is 5.82 Å². The summed E-state index contributed by atoms with van der Waals surface area (Å²) in [5, 5.41) is 3.28. The Morgan fingerprint density at radius 2 is 2.05 bits per heavy atom. The molecule has 0 amide bonds. The van der Waals surface area contributed by atoms with Crippen LogP contribution >= 0.6 is 0 Å². The summed E-state index contributed by atoms with van der Waals surface area (Å²) in [6.07, 6.45) is 0. The van der Waals surface area contributed by atoms with Gasteiger partial charge in [0, 0.05) is 36.9 Å². The van der Waals surface area contributed by atoms with Crippen LogP contribution in [0.5, 0.6) is 0 Å². The maximum Gasteiger partial charge on any atom is 0.133 e. The molecule has 2 atom stereocenters. The first kappa shape index (κ1) is 15.3. The molecule has 0 aromatic carbocycles. The molecule has 1 aliphatic heterocycles. The van der Waals surface area contributed by atoms with E-state index < -0.39 is 0 Å². The van der Waals surface area contributed by atoms with Crippen molar-refractivity contribution in [3.05, 3.63) is 22.9 Å². The van der Waals surface area contributed by atoms with E-state index in [0.717, 1.165) is 25.3 Å². The van der Waals surface area contributed by atoms with Crippen LogP contribution in [0.4, 0.5) is 5.82 Å². The summed E-state index contributed by atoms with van der Waals surface area (Å²) < 4.78 is 0. The van der Waals surface area contributed by atoms with Gasteiger partial charge in [0.2, 0.25) is 0 Å². The molecule has 1 aromatic heterocycles. The van der Waals surface area contributed by atoms with E-state index >= 15 is 0 Å². The second-order valence-electron chi connectivity index (χ2n) is 6.33. The quantitative estimate of drug-likeness (QED) is 0.909. The normalized spacial score (nSPS) is 22.9. The first-order valence-corrected chi connectivity index (χ1v) is 7.47. The summed E-state index contributed by atoms with van der Waals surface area (Å²) in [6, 6.07) is 2.79. The van der Waals surface area contributed by atoms with Crippen LogP contribution in [0.1, 0.15) is 23.7 Å². The molecule has 20 heavy (non-hydrogen) atoms. The molecule has 1 aromatic rings. The van der Waals surface area contributed by atoms with E-state index in [2.05, 4.69) is 56.0 Å². The number of likely N-dealkylation sites (N-methyl/N-ethyl adjacent to an activating group) is 1. The molecule has 0 aliphatic carbocycles. The van der Waals surface area contributed by atoms with Gasteiger partial charge in [0.25, 0.3) is 0 Å². The van der Waals surface area contributed by atoms with E-state index in [4.69, 9.17) is 4.98 Å². The van der Waals surface area contributed by atoms with Crippen molar-refractivity contribution in [2.24, 2.45) is 5.92 Å². The highest BCUT2D eigenvalue weighted by Crippen LogP contribution is 2.29. The maximum atomic E-state index is 4.83. The third-order valence-corrected chi connectivity index (χ3v) is 4.34. The lowest BCUT2D eigenvalue weighted by Gasteiger charge is -2.24. The van der Waals surface area contributed by atoms with Crippen LogP contribution in [0.15, 0.2) is 6.07 Å². The molecule has 1 fully saturated rings. The smallest absolute Gasteiger partial charge is 0.133 e. The Bertz CT molecular complexity index is 470. The molecule has 4 nitrogen and oxygen atoms in total. The van der Waals surface area contributed by atoms with Crippen molar-refractivity contribution in [1.29, 1.82) is 0 Å². The van der Waals surface area contributed by atoms with Crippen LogP contribution in [0.3, 0.4) is 0 Å². The fraction of sp³-hybridized carbons (Fsp3) is 0.688. The number of anilines is 1. The van der Waals surface area contributed by atoms with Gasteiger partial charge in [-0.1, -0.05) is 6.92 Å². The third-order valence-electron chi connectivity index (χ3n) is 4.34. The molecule has 1 aliphatic rings. The van der Waals surface area contributed by atoms with E-state index in [1.165, 1.54) is 16.9 Å². The second kappa shape index (κ2) is 6.10. The molecule has 0 bridgehead atoms. The Morgan fingerprint density at radius 1 is 1.35 bits per heavy atom. The zero-order valence-electron chi connectivity index (χ0n) is 13.7. The van der Waals surface area contributed by atoms with Crippen molar-refractivity contribution in [1.82, 2.24) is 15.2 Å². The van der Waals surface area contributed by atoms with Gasteiger partial charge < -0.3 is 15.1 Å². The first-order valence-electron chi connectivity index (χ1n) is 7.47. The molecule has 1 saturated heterocycles. The van der Waals surface area contributed by atoms with Crippen LogP contribution in [0.2, 0.25) is 0 Å². The summed E-state index contributed by atoms with van der Waals surface area (Å²) >= 11 is 0. The molecular formula is C16H28N4. The Morgan fingerprint density at radius 3 is 2.60 bits per heavy atom. The number of aromatic nitrogens is 1. The summed E-state index contributed by atoms with van der Waals surface area (Å²) in [4.78, 5) is 9.63. The van der Waals surface area contributed by atoms with Gasteiger partial charge in [0.15, 0.2) is 0 Å². The van der Waals surface area contributed by atoms with Gasteiger partial charge >= 0.3 is 0 Å². The van der Waals surface area contributed by atoms with Gasteiger partial charge in [0.05, 0.1) is 0 Å². The van der Waals surface area contributed by atoms with E-state index in [1.807, 2.05) is 7.05 Å². The minimum atomic E-state index is 0.611. The molecule has 2 rings (SSSR count). The van der Waals surface area contributed by atoms with Gasteiger partial charge in [-0.05, 0) is 52.5 Å². The van der Waals surface area contributed by atoms with Crippen molar-refractivity contribution in [2.75, 3.05) is 39.1 Å². The van der Waals surface area contributed by atoms with Crippen LogP contribution in [-0.2, 0) is 6.54 Å². The molecule has 112 valence electrons. The van der Waals surface area contributed by atoms with E-state index in [0.29, 0.717) is 12.0 Å². The Labute approximate surface area is 123 Å². The third kappa shape index (κ3) is 2.96. The minimum absolute atomic E-state index is 0.611.